The predicted octanol–water partition coefficient (Wildman–Crippen LogP) is 3.17. The van der Waals surface area contributed by atoms with Gasteiger partial charge in [0, 0.05) is 17.5 Å². The largest absolute Gasteiger partial charge is 0.493 e. The van der Waals surface area contributed by atoms with Crippen molar-refractivity contribution >= 4 is 18.0 Å². The summed E-state index contributed by atoms with van der Waals surface area (Å²) in [5.74, 6) is -0.713. The fourth-order valence-electron chi connectivity index (χ4n) is 2.83. The zero-order valence-corrected chi connectivity index (χ0v) is 15.6. The van der Waals surface area contributed by atoms with Gasteiger partial charge < -0.3 is 19.0 Å². The lowest BCUT2D eigenvalue weighted by Gasteiger charge is -2.17. The quantitative estimate of drug-likeness (QED) is 0.383. The van der Waals surface area contributed by atoms with Gasteiger partial charge in [-0.1, -0.05) is 24.3 Å². The van der Waals surface area contributed by atoms with Crippen LogP contribution in [0.3, 0.4) is 0 Å². The summed E-state index contributed by atoms with van der Waals surface area (Å²) in [6, 6.07) is 11.6. The minimum absolute atomic E-state index is 0.0605. The third kappa shape index (κ3) is 4.53. The number of hydrogen-bond acceptors (Lipinski definition) is 6. The van der Waals surface area contributed by atoms with Gasteiger partial charge in [-0.05, 0) is 30.7 Å². The number of esters is 1. The Morgan fingerprint density at radius 2 is 1.74 bits per heavy atom. The summed E-state index contributed by atoms with van der Waals surface area (Å²) < 4.78 is 15.5. The molecule has 142 valence electrons. The van der Waals surface area contributed by atoms with Crippen molar-refractivity contribution in [2.75, 3.05) is 20.8 Å². The molecule has 2 aromatic rings. The average molecular weight is 370 g/mol. The zero-order chi connectivity index (χ0) is 19.8. The normalized spacial score (nSPS) is 11.4. The van der Waals surface area contributed by atoms with Gasteiger partial charge in [-0.2, -0.15) is 0 Å². The molecule has 0 bridgehead atoms. The summed E-state index contributed by atoms with van der Waals surface area (Å²) in [4.78, 5) is 36.5. The second-order valence-corrected chi connectivity index (χ2v) is 5.69. The summed E-state index contributed by atoms with van der Waals surface area (Å²) in [7, 11) is 3.00. The fraction of sp³-hybridized carbons (Fsp3) is 0.286. The van der Waals surface area contributed by atoms with Crippen LogP contribution in [0.5, 0.6) is 11.5 Å². The summed E-state index contributed by atoms with van der Waals surface area (Å²) in [6.45, 7) is 1.89. The van der Waals surface area contributed by atoms with Gasteiger partial charge in [-0.3, -0.25) is 9.59 Å². The van der Waals surface area contributed by atoms with Crippen molar-refractivity contribution in [1.82, 2.24) is 0 Å². The molecule has 2 aromatic carbocycles. The van der Waals surface area contributed by atoms with Crippen LogP contribution in [-0.4, -0.2) is 38.9 Å². The summed E-state index contributed by atoms with van der Waals surface area (Å²) in [6.07, 6.45) is 0.592. The van der Waals surface area contributed by atoms with Crippen molar-refractivity contribution in [2.24, 2.45) is 0 Å². The Balaban J connectivity index is 2.48. The van der Waals surface area contributed by atoms with Gasteiger partial charge in [0.05, 0.1) is 26.7 Å². The molecule has 6 nitrogen and oxygen atoms in total. The molecule has 6 heteroatoms. The highest BCUT2D eigenvalue weighted by Gasteiger charge is 2.27. The molecule has 0 aliphatic rings. The van der Waals surface area contributed by atoms with Gasteiger partial charge in [0.15, 0.2) is 17.3 Å². The number of rotatable bonds is 9. The van der Waals surface area contributed by atoms with Crippen LogP contribution in [0.2, 0.25) is 0 Å². The van der Waals surface area contributed by atoms with E-state index in [4.69, 9.17) is 14.2 Å². The van der Waals surface area contributed by atoms with Gasteiger partial charge in [0.2, 0.25) is 0 Å². The smallest absolute Gasteiger partial charge is 0.313 e. The van der Waals surface area contributed by atoms with E-state index in [2.05, 4.69) is 0 Å². The first kappa shape index (κ1) is 20.2. The van der Waals surface area contributed by atoms with Crippen LogP contribution in [0.1, 0.15) is 40.7 Å². The lowest BCUT2D eigenvalue weighted by atomic mass is 9.88. The van der Waals surface area contributed by atoms with Crippen LogP contribution in [0.4, 0.5) is 0 Å². The molecule has 0 fully saturated rings. The van der Waals surface area contributed by atoms with Gasteiger partial charge in [-0.25, -0.2) is 0 Å². The molecule has 1 unspecified atom stereocenters. The highest BCUT2D eigenvalue weighted by molar-refractivity contribution is 6.11. The summed E-state index contributed by atoms with van der Waals surface area (Å²) in [5.41, 5.74) is 1.18. The maximum absolute atomic E-state index is 13.1. The van der Waals surface area contributed by atoms with Crippen LogP contribution in [-0.2, 0) is 14.3 Å². The molecule has 2 rings (SSSR count). The molecule has 0 aliphatic heterocycles. The molecule has 0 saturated carbocycles. The molecule has 0 spiro atoms. The predicted molar refractivity (Wildman–Crippen MR) is 99.5 cm³/mol. The van der Waals surface area contributed by atoms with E-state index < -0.39 is 11.9 Å². The van der Waals surface area contributed by atoms with Crippen LogP contribution >= 0.6 is 0 Å². The summed E-state index contributed by atoms with van der Waals surface area (Å²) in [5, 5.41) is 0. The number of carbonyl (C=O) groups is 3. The minimum Gasteiger partial charge on any atom is -0.493 e. The number of methoxy groups -OCH3 is 2. The molecule has 0 aromatic heterocycles. The second kappa shape index (κ2) is 9.52. The highest BCUT2D eigenvalue weighted by Crippen LogP contribution is 2.31. The van der Waals surface area contributed by atoms with Crippen molar-refractivity contribution in [3.8, 4) is 11.5 Å². The highest BCUT2D eigenvalue weighted by atomic mass is 16.5. The van der Waals surface area contributed by atoms with Crippen molar-refractivity contribution in [3.05, 3.63) is 59.2 Å². The van der Waals surface area contributed by atoms with E-state index >= 15 is 0 Å². The van der Waals surface area contributed by atoms with E-state index in [1.165, 1.54) is 14.2 Å². The monoisotopic (exact) mass is 370 g/mol. The van der Waals surface area contributed by atoms with E-state index in [0.717, 1.165) is 0 Å². The Morgan fingerprint density at radius 3 is 2.37 bits per heavy atom. The van der Waals surface area contributed by atoms with Crippen LogP contribution in [0, 0.1) is 0 Å². The van der Waals surface area contributed by atoms with E-state index in [9.17, 15) is 14.4 Å². The first-order valence-electron chi connectivity index (χ1n) is 8.53. The molecule has 1 atom stereocenters. The maximum Gasteiger partial charge on any atom is 0.313 e. The molecule has 27 heavy (non-hydrogen) atoms. The van der Waals surface area contributed by atoms with Crippen LogP contribution in [0.25, 0.3) is 0 Å². The molecule has 0 amide bonds. The Morgan fingerprint density at radius 1 is 1.04 bits per heavy atom. The fourth-order valence-corrected chi connectivity index (χ4v) is 2.83. The lowest BCUT2D eigenvalue weighted by molar-refractivity contribution is -0.145. The van der Waals surface area contributed by atoms with Gasteiger partial charge in [-0.15, -0.1) is 0 Å². The Kier molecular flexibility index (Phi) is 7.11. The molecule has 0 aliphatic carbocycles. The van der Waals surface area contributed by atoms with Crippen molar-refractivity contribution in [3.63, 3.8) is 0 Å². The topological polar surface area (TPSA) is 78.9 Å². The molecule has 0 heterocycles. The number of carbonyl (C=O) groups excluding carboxylic acids is 3. The van der Waals surface area contributed by atoms with Gasteiger partial charge >= 0.3 is 5.97 Å². The Bertz CT molecular complexity index is 827. The number of benzene rings is 2. The van der Waals surface area contributed by atoms with Crippen molar-refractivity contribution < 1.29 is 28.6 Å². The number of hydrogen-bond donors (Lipinski definition) is 0. The minimum atomic E-state index is -0.831. The number of ketones is 1. The van der Waals surface area contributed by atoms with Gasteiger partial charge in [0.25, 0.3) is 0 Å². The van der Waals surface area contributed by atoms with E-state index in [1.807, 2.05) is 0 Å². The number of aldehydes is 1. The maximum atomic E-state index is 13.1. The van der Waals surface area contributed by atoms with Crippen molar-refractivity contribution in [2.45, 2.75) is 19.3 Å². The SMILES string of the molecule is CCOC(=O)C(CC=O)c1ccccc1C(=O)c1ccc(OC)c(OC)c1. The first-order valence-corrected chi connectivity index (χ1v) is 8.53. The molecular formula is C21H22O6. The van der Waals surface area contributed by atoms with Crippen molar-refractivity contribution in [1.29, 1.82) is 0 Å². The van der Waals surface area contributed by atoms with Crippen LogP contribution < -0.4 is 9.47 Å². The second-order valence-electron chi connectivity index (χ2n) is 5.69. The van der Waals surface area contributed by atoms with Crippen LogP contribution in [0.15, 0.2) is 42.5 Å². The first-order chi connectivity index (χ1) is 13.1. The van der Waals surface area contributed by atoms with E-state index in [0.29, 0.717) is 34.5 Å². The van der Waals surface area contributed by atoms with Gasteiger partial charge in [0.1, 0.15) is 6.29 Å². The third-order valence-corrected chi connectivity index (χ3v) is 4.13. The lowest BCUT2D eigenvalue weighted by Crippen LogP contribution is -2.19. The standard InChI is InChI=1S/C21H22O6/c1-4-27-21(24)17(11-12-22)15-7-5-6-8-16(15)20(23)14-9-10-18(25-2)19(13-14)26-3/h5-10,12-13,17H,4,11H2,1-3H3. The molecule has 0 N–H and O–H groups in total. The summed E-state index contributed by atoms with van der Waals surface area (Å²) >= 11 is 0. The molecule has 0 saturated heterocycles. The molecule has 0 radical (unpaired) electrons. The van der Waals surface area contributed by atoms with E-state index in [-0.39, 0.29) is 18.8 Å². The molecular weight excluding hydrogens is 348 g/mol. The van der Waals surface area contributed by atoms with E-state index in [1.54, 1.807) is 49.4 Å². The Hall–Kier alpha value is -3.15. The zero-order valence-electron chi connectivity index (χ0n) is 15.6. The Labute approximate surface area is 158 Å². The number of ether oxygens (including phenoxy) is 3. The average Bonchev–Trinajstić information content (AvgIpc) is 2.71. The third-order valence-electron chi connectivity index (χ3n) is 4.13.